The average molecular weight is 141 g/mol. The molecular formula is C8H15NO. The van der Waals surface area contributed by atoms with Gasteiger partial charge in [-0.05, 0) is 13.3 Å². The Morgan fingerprint density at radius 3 is 2.90 bits per heavy atom. The quantitative estimate of drug-likeness (QED) is 0.327. The molecule has 1 atom stereocenters. The summed E-state index contributed by atoms with van der Waals surface area (Å²) in [6.45, 7) is 7.58. The fourth-order valence-corrected chi connectivity index (χ4v) is 0.499. The van der Waals surface area contributed by atoms with Crippen LogP contribution in [0.5, 0.6) is 0 Å². The largest absolute Gasteiger partial charge is 0.393 e. The molecule has 0 saturated heterocycles. The summed E-state index contributed by atoms with van der Waals surface area (Å²) in [4.78, 5) is 5.02. The van der Waals surface area contributed by atoms with Gasteiger partial charge in [0.15, 0.2) is 0 Å². The highest BCUT2D eigenvalue weighted by Crippen LogP contribution is 1.96. The molecular weight excluding hydrogens is 126 g/mol. The van der Waals surface area contributed by atoms with E-state index in [0.717, 1.165) is 12.8 Å². The lowest BCUT2D eigenvalue weighted by Crippen LogP contribution is -2.01. The minimum atomic E-state index is 0.153. The summed E-state index contributed by atoms with van der Waals surface area (Å²) < 4.78 is 0. The van der Waals surface area contributed by atoms with Gasteiger partial charge < -0.3 is 4.84 Å². The van der Waals surface area contributed by atoms with Gasteiger partial charge in [0.1, 0.15) is 6.10 Å². The zero-order valence-electron chi connectivity index (χ0n) is 6.71. The first kappa shape index (κ1) is 9.21. The van der Waals surface area contributed by atoms with Gasteiger partial charge in [0.2, 0.25) is 0 Å². The van der Waals surface area contributed by atoms with Crippen molar-refractivity contribution in [2.45, 2.75) is 32.8 Å². The van der Waals surface area contributed by atoms with Crippen molar-refractivity contribution in [3.05, 3.63) is 12.7 Å². The van der Waals surface area contributed by atoms with Crippen molar-refractivity contribution in [3.63, 3.8) is 0 Å². The van der Waals surface area contributed by atoms with Crippen LogP contribution in [-0.4, -0.2) is 12.3 Å². The number of oxime groups is 1. The molecule has 2 heteroatoms. The molecule has 58 valence electrons. The van der Waals surface area contributed by atoms with Crippen LogP contribution in [0.15, 0.2) is 17.8 Å². The van der Waals surface area contributed by atoms with Crippen molar-refractivity contribution in [1.82, 2.24) is 0 Å². The molecule has 10 heavy (non-hydrogen) atoms. The molecule has 0 amide bonds. The van der Waals surface area contributed by atoms with Crippen LogP contribution in [0.2, 0.25) is 0 Å². The minimum Gasteiger partial charge on any atom is -0.393 e. The van der Waals surface area contributed by atoms with Gasteiger partial charge in [-0.3, -0.25) is 0 Å². The van der Waals surface area contributed by atoms with Crippen LogP contribution in [-0.2, 0) is 4.84 Å². The Hall–Kier alpha value is -0.790. The first-order chi connectivity index (χ1) is 4.81. The van der Waals surface area contributed by atoms with E-state index in [1.807, 2.05) is 19.9 Å². The van der Waals surface area contributed by atoms with Crippen LogP contribution in [0.4, 0.5) is 0 Å². The molecule has 0 aromatic carbocycles. The zero-order valence-corrected chi connectivity index (χ0v) is 6.71. The Labute approximate surface area is 62.6 Å². The molecule has 0 saturated carbocycles. The molecule has 0 aliphatic carbocycles. The molecule has 0 radical (unpaired) electrons. The maximum absolute atomic E-state index is 5.02. The van der Waals surface area contributed by atoms with Crippen molar-refractivity contribution in [2.75, 3.05) is 0 Å². The van der Waals surface area contributed by atoms with E-state index in [2.05, 4.69) is 11.7 Å². The van der Waals surface area contributed by atoms with E-state index in [1.54, 1.807) is 6.21 Å². The molecule has 0 aliphatic rings. The van der Waals surface area contributed by atoms with Crippen molar-refractivity contribution in [2.24, 2.45) is 5.16 Å². The van der Waals surface area contributed by atoms with E-state index >= 15 is 0 Å². The normalized spacial score (nSPS) is 13.4. The first-order valence-electron chi connectivity index (χ1n) is 3.59. The Morgan fingerprint density at radius 2 is 2.40 bits per heavy atom. The molecule has 0 N–H and O–H groups in total. The summed E-state index contributed by atoms with van der Waals surface area (Å²) >= 11 is 0. The summed E-state index contributed by atoms with van der Waals surface area (Å²) in [7, 11) is 0. The third-order valence-corrected chi connectivity index (χ3v) is 0.997. The summed E-state index contributed by atoms with van der Waals surface area (Å²) in [6.07, 6.45) is 5.49. The fraction of sp³-hybridized carbons (Fsp3) is 0.625. The van der Waals surface area contributed by atoms with Crippen molar-refractivity contribution in [3.8, 4) is 0 Å². The highest BCUT2D eigenvalue weighted by Gasteiger charge is 1.95. The maximum Gasteiger partial charge on any atom is 0.128 e. The van der Waals surface area contributed by atoms with Gasteiger partial charge in [-0.25, -0.2) is 0 Å². The Morgan fingerprint density at radius 1 is 1.70 bits per heavy atom. The van der Waals surface area contributed by atoms with Crippen LogP contribution < -0.4 is 0 Å². The molecule has 2 nitrogen and oxygen atoms in total. The second kappa shape index (κ2) is 6.33. The van der Waals surface area contributed by atoms with Gasteiger partial charge in [-0.15, -0.1) is 6.58 Å². The van der Waals surface area contributed by atoms with Crippen molar-refractivity contribution >= 4 is 6.21 Å². The summed E-state index contributed by atoms with van der Waals surface area (Å²) in [6, 6.07) is 0. The SMILES string of the molecule is C=CCC(C)ON=CCC. The summed E-state index contributed by atoms with van der Waals surface area (Å²) in [5.74, 6) is 0. The van der Waals surface area contributed by atoms with E-state index in [-0.39, 0.29) is 6.10 Å². The fourth-order valence-electron chi connectivity index (χ4n) is 0.499. The lowest BCUT2D eigenvalue weighted by molar-refractivity contribution is 0.0756. The molecule has 0 rings (SSSR count). The maximum atomic E-state index is 5.02. The smallest absolute Gasteiger partial charge is 0.128 e. The molecule has 0 aromatic heterocycles. The number of nitrogens with zero attached hydrogens (tertiary/aromatic N) is 1. The molecule has 0 bridgehead atoms. The Balaban J connectivity index is 3.28. The van der Waals surface area contributed by atoms with Crippen LogP contribution in [0.3, 0.4) is 0 Å². The lowest BCUT2D eigenvalue weighted by atomic mass is 10.3. The molecule has 0 fully saturated rings. The van der Waals surface area contributed by atoms with E-state index in [0.29, 0.717) is 0 Å². The number of rotatable bonds is 5. The number of hydrogen-bond donors (Lipinski definition) is 0. The van der Waals surface area contributed by atoms with E-state index in [4.69, 9.17) is 4.84 Å². The zero-order chi connectivity index (χ0) is 7.82. The predicted octanol–water partition coefficient (Wildman–Crippen LogP) is 2.36. The standard InChI is InChI=1S/C8H15NO/c1-4-6-8(3)10-9-7-5-2/h4,7-8H,1,5-6H2,2-3H3. The third kappa shape index (κ3) is 5.35. The third-order valence-electron chi connectivity index (χ3n) is 0.997. The van der Waals surface area contributed by atoms with Crippen LogP contribution in [0.1, 0.15) is 26.7 Å². The molecule has 0 aliphatic heterocycles. The van der Waals surface area contributed by atoms with Gasteiger partial charge in [0.05, 0.1) is 0 Å². The molecule has 1 unspecified atom stereocenters. The van der Waals surface area contributed by atoms with Gasteiger partial charge in [-0.1, -0.05) is 18.2 Å². The van der Waals surface area contributed by atoms with Gasteiger partial charge in [-0.2, -0.15) is 0 Å². The van der Waals surface area contributed by atoms with Crippen LogP contribution in [0.25, 0.3) is 0 Å². The van der Waals surface area contributed by atoms with Crippen molar-refractivity contribution in [1.29, 1.82) is 0 Å². The van der Waals surface area contributed by atoms with E-state index in [9.17, 15) is 0 Å². The highest BCUT2D eigenvalue weighted by molar-refractivity contribution is 5.55. The lowest BCUT2D eigenvalue weighted by Gasteiger charge is -2.04. The summed E-state index contributed by atoms with van der Waals surface area (Å²) in [5, 5.41) is 3.74. The van der Waals surface area contributed by atoms with E-state index in [1.165, 1.54) is 0 Å². The molecule has 0 aromatic rings. The monoisotopic (exact) mass is 141 g/mol. The van der Waals surface area contributed by atoms with Crippen LogP contribution in [0, 0.1) is 0 Å². The molecule has 0 heterocycles. The highest BCUT2D eigenvalue weighted by atomic mass is 16.6. The second-order valence-corrected chi connectivity index (χ2v) is 2.14. The van der Waals surface area contributed by atoms with E-state index < -0.39 is 0 Å². The summed E-state index contributed by atoms with van der Waals surface area (Å²) in [5.41, 5.74) is 0. The van der Waals surface area contributed by atoms with Crippen molar-refractivity contribution < 1.29 is 4.84 Å². The molecule has 0 spiro atoms. The average Bonchev–Trinajstić information content (AvgIpc) is 1.89. The second-order valence-electron chi connectivity index (χ2n) is 2.14. The van der Waals surface area contributed by atoms with Gasteiger partial charge >= 0.3 is 0 Å². The Bertz CT molecular complexity index is 110. The minimum absolute atomic E-state index is 0.153. The van der Waals surface area contributed by atoms with Crippen LogP contribution >= 0.6 is 0 Å². The Kier molecular flexibility index (Phi) is 5.83. The first-order valence-corrected chi connectivity index (χ1v) is 3.59. The van der Waals surface area contributed by atoms with Gasteiger partial charge in [0, 0.05) is 12.6 Å². The number of hydrogen-bond acceptors (Lipinski definition) is 2. The van der Waals surface area contributed by atoms with Gasteiger partial charge in [0.25, 0.3) is 0 Å². The topological polar surface area (TPSA) is 21.6 Å². The predicted molar refractivity (Wildman–Crippen MR) is 44.1 cm³/mol.